The van der Waals surface area contributed by atoms with E-state index in [4.69, 9.17) is 11.6 Å². The van der Waals surface area contributed by atoms with Crippen LogP contribution in [0.1, 0.15) is 35.2 Å². The van der Waals surface area contributed by atoms with E-state index in [0.29, 0.717) is 31.0 Å². The van der Waals surface area contributed by atoms with Crippen LogP contribution in [0.5, 0.6) is 0 Å². The Labute approximate surface area is 215 Å². The van der Waals surface area contributed by atoms with Crippen LogP contribution in [0, 0.1) is 25.6 Å². The summed E-state index contributed by atoms with van der Waals surface area (Å²) < 4.78 is 56.5. The largest absolute Gasteiger partial charge is 0.417 e. The number of benzene rings is 2. The molecule has 11 heteroatoms. The molecule has 4 rings (SSSR count). The summed E-state index contributed by atoms with van der Waals surface area (Å²) in [5.74, 6) is -2.31. The fraction of sp³-hybridized carbons (Fsp3) is 0.346. The number of halogens is 5. The first-order valence-electron chi connectivity index (χ1n) is 11.7. The van der Waals surface area contributed by atoms with Gasteiger partial charge in [-0.15, -0.1) is 0 Å². The lowest BCUT2D eigenvalue weighted by molar-refractivity contribution is -0.137. The molecule has 3 aromatic rings. The van der Waals surface area contributed by atoms with Gasteiger partial charge in [0.15, 0.2) is 0 Å². The Balaban J connectivity index is 1.50. The molecule has 2 N–H and O–H groups in total. The Kier molecular flexibility index (Phi) is 7.59. The maximum atomic E-state index is 15.4. The van der Waals surface area contributed by atoms with Crippen LogP contribution in [-0.4, -0.2) is 29.0 Å². The van der Waals surface area contributed by atoms with Gasteiger partial charge in [0.05, 0.1) is 11.1 Å². The summed E-state index contributed by atoms with van der Waals surface area (Å²) in [6.45, 7) is 3.91. The fourth-order valence-corrected chi connectivity index (χ4v) is 4.49. The number of amides is 1. The van der Waals surface area contributed by atoms with Gasteiger partial charge < -0.3 is 15.2 Å². The number of nitrogens with one attached hydrogen (secondary N) is 2. The second kappa shape index (κ2) is 10.5. The topological polar surface area (TPSA) is 78.1 Å². The monoisotopic (exact) mass is 536 g/mol. The van der Waals surface area contributed by atoms with Crippen LogP contribution in [-0.2, 0) is 17.5 Å². The van der Waals surface area contributed by atoms with E-state index in [-0.39, 0.29) is 35.2 Å². The minimum Gasteiger partial charge on any atom is -0.371 e. The molecule has 0 bridgehead atoms. The molecule has 0 saturated carbocycles. The number of rotatable bonds is 5. The van der Waals surface area contributed by atoms with Gasteiger partial charge in [-0.2, -0.15) is 13.2 Å². The number of aromatic nitrogens is 2. The van der Waals surface area contributed by atoms with Gasteiger partial charge >= 0.3 is 6.18 Å². The zero-order chi connectivity index (χ0) is 26.9. The van der Waals surface area contributed by atoms with E-state index in [0.717, 1.165) is 17.8 Å². The third kappa shape index (κ3) is 5.79. The smallest absolute Gasteiger partial charge is 0.371 e. The lowest BCUT2D eigenvalue weighted by atomic mass is 9.95. The highest BCUT2D eigenvalue weighted by atomic mass is 35.5. The van der Waals surface area contributed by atoms with Crippen molar-refractivity contribution in [2.75, 3.05) is 18.0 Å². The molecular formula is C26H25ClF4N4O2. The summed E-state index contributed by atoms with van der Waals surface area (Å²) in [4.78, 5) is 33.3. The number of H-pyrrole nitrogens is 1. The van der Waals surface area contributed by atoms with Gasteiger partial charge in [0, 0.05) is 53.1 Å². The van der Waals surface area contributed by atoms with Gasteiger partial charge in [0.1, 0.15) is 11.6 Å². The Bertz CT molecular complexity index is 1360. The van der Waals surface area contributed by atoms with E-state index < -0.39 is 34.5 Å². The molecule has 1 fully saturated rings. The summed E-state index contributed by atoms with van der Waals surface area (Å²) in [5, 5.41) is 3.29. The van der Waals surface area contributed by atoms with Crippen LogP contribution in [0.2, 0.25) is 5.02 Å². The molecule has 0 atom stereocenters. The predicted octanol–water partition coefficient (Wildman–Crippen LogP) is 5.40. The maximum absolute atomic E-state index is 15.4. The lowest BCUT2D eigenvalue weighted by Crippen LogP contribution is -2.40. The molecule has 2 aromatic carbocycles. The lowest BCUT2D eigenvalue weighted by Gasteiger charge is -2.33. The first-order chi connectivity index (χ1) is 17.5. The van der Waals surface area contributed by atoms with Gasteiger partial charge in [-0.3, -0.25) is 9.59 Å². The van der Waals surface area contributed by atoms with E-state index in [9.17, 15) is 22.8 Å². The molecule has 2 heterocycles. The first-order valence-corrected chi connectivity index (χ1v) is 12.1. The number of piperidine rings is 1. The standard InChI is InChI=1S/C26H25ClF4N4O2/c1-14-15(2)33-23(34-24(14)36)21-20(26(29,30)31)8-3-17(22(21)28)13-32-25(37)16-9-11-35(12-10-16)19-6-4-18(27)5-7-19/h3-8,16H,9-13H2,1-2H3,(H,32,37)(H,33,34,36). The van der Waals surface area contributed by atoms with Crippen molar-refractivity contribution in [2.45, 2.75) is 39.4 Å². The number of aryl methyl sites for hydroxylation is 1. The minimum absolute atomic E-state index is 0.143. The van der Waals surface area contributed by atoms with Gasteiger partial charge in [-0.1, -0.05) is 17.7 Å². The average molecular weight is 537 g/mol. The molecule has 1 aliphatic heterocycles. The van der Waals surface area contributed by atoms with Gasteiger partial charge in [0.2, 0.25) is 5.91 Å². The summed E-state index contributed by atoms with van der Waals surface area (Å²) in [6.07, 6.45) is -3.74. The number of hydrogen-bond acceptors (Lipinski definition) is 4. The van der Waals surface area contributed by atoms with E-state index in [1.807, 2.05) is 12.1 Å². The number of hydrogen-bond donors (Lipinski definition) is 2. The molecule has 37 heavy (non-hydrogen) atoms. The average Bonchev–Trinajstić information content (AvgIpc) is 2.86. The highest BCUT2D eigenvalue weighted by molar-refractivity contribution is 6.30. The second-order valence-corrected chi connectivity index (χ2v) is 9.48. The fourth-order valence-electron chi connectivity index (χ4n) is 4.37. The van der Waals surface area contributed by atoms with E-state index in [1.165, 1.54) is 13.8 Å². The van der Waals surface area contributed by atoms with Crippen LogP contribution in [0.3, 0.4) is 0 Å². The van der Waals surface area contributed by atoms with Crippen molar-refractivity contribution in [1.29, 1.82) is 0 Å². The number of alkyl halides is 3. The number of carbonyl (C=O) groups is 1. The molecule has 6 nitrogen and oxygen atoms in total. The molecule has 1 saturated heterocycles. The Hall–Kier alpha value is -3.40. The Morgan fingerprint density at radius 3 is 2.38 bits per heavy atom. The van der Waals surface area contributed by atoms with Crippen molar-refractivity contribution in [3.63, 3.8) is 0 Å². The van der Waals surface area contributed by atoms with E-state index in [1.54, 1.807) is 12.1 Å². The SMILES string of the molecule is Cc1nc(-c2c(C(F)(F)F)ccc(CNC(=O)C3CCN(c4ccc(Cl)cc4)CC3)c2F)[nH]c(=O)c1C. The zero-order valence-electron chi connectivity index (χ0n) is 20.2. The third-order valence-corrected chi connectivity index (χ3v) is 6.92. The first kappa shape index (κ1) is 26.7. The second-order valence-electron chi connectivity index (χ2n) is 9.04. The van der Waals surface area contributed by atoms with Gasteiger partial charge in [0.25, 0.3) is 5.56 Å². The zero-order valence-corrected chi connectivity index (χ0v) is 20.9. The summed E-state index contributed by atoms with van der Waals surface area (Å²) in [6, 6.07) is 9.14. The molecule has 0 radical (unpaired) electrons. The van der Waals surface area contributed by atoms with Crippen molar-refractivity contribution in [2.24, 2.45) is 5.92 Å². The number of carbonyl (C=O) groups excluding carboxylic acids is 1. The molecule has 1 aliphatic rings. The van der Waals surface area contributed by atoms with Gasteiger partial charge in [-0.25, -0.2) is 9.37 Å². The molecule has 196 valence electrons. The molecule has 0 spiro atoms. The molecule has 0 unspecified atom stereocenters. The Morgan fingerprint density at radius 2 is 1.78 bits per heavy atom. The van der Waals surface area contributed by atoms with Crippen LogP contribution < -0.4 is 15.8 Å². The van der Waals surface area contributed by atoms with Crippen molar-refractivity contribution in [3.8, 4) is 11.4 Å². The quantitative estimate of drug-likeness (QED) is 0.428. The number of anilines is 1. The Morgan fingerprint density at radius 1 is 1.14 bits per heavy atom. The molecule has 0 aliphatic carbocycles. The summed E-state index contributed by atoms with van der Waals surface area (Å²) >= 11 is 5.93. The minimum atomic E-state index is -4.88. The van der Waals surface area contributed by atoms with Crippen molar-refractivity contribution in [3.05, 3.63) is 80.0 Å². The molecule has 1 aromatic heterocycles. The maximum Gasteiger partial charge on any atom is 0.417 e. The summed E-state index contributed by atoms with van der Waals surface area (Å²) in [5.41, 5.74) is -1.50. The molecular weight excluding hydrogens is 512 g/mol. The normalized spacial score (nSPS) is 14.6. The van der Waals surface area contributed by atoms with Crippen LogP contribution in [0.15, 0.2) is 41.2 Å². The van der Waals surface area contributed by atoms with E-state index in [2.05, 4.69) is 20.2 Å². The van der Waals surface area contributed by atoms with Crippen molar-refractivity contribution in [1.82, 2.24) is 15.3 Å². The third-order valence-electron chi connectivity index (χ3n) is 6.67. The van der Waals surface area contributed by atoms with Crippen molar-refractivity contribution >= 4 is 23.2 Å². The van der Waals surface area contributed by atoms with Crippen molar-refractivity contribution < 1.29 is 22.4 Å². The molecule has 1 amide bonds. The summed E-state index contributed by atoms with van der Waals surface area (Å²) in [7, 11) is 0. The highest BCUT2D eigenvalue weighted by Crippen LogP contribution is 2.38. The van der Waals surface area contributed by atoms with Crippen LogP contribution >= 0.6 is 11.6 Å². The van der Waals surface area contributed by atoms with Crippen LogP contribution in [0.25, 0.3) is 11.4 Å². The predicted molar refractivity (Wildman–Crippen MR) is 133 cm³/mol. The number of nitrogens with zero attached hydrogens (tertiary/aromatic N) is 2. The van der Waals surface area contributed by atoms with Gasteiger partial charge in [-0.05, 0) is 57.0 Å². The van der Waals surface area contributed by atoms with E-state index >= 15 is 4.39 Å². The number of aromatic amines is 1. The van der Waals surface area contributed by atoms with Crippen LogP contribution in [0.4, 0.5) is 23.2 Å². The highest BCUT2D eigenvalue weighted by Gasteiger charge is 2.37.